The summed E-state index contributed by atoms with van der Waals surface area (Å²) >= 11 is 0. The van der Waals surface area contributed by atoms with E-state index in [0.29, 0.717) is 24.6 Å². The third-order valence-corrected chi connectivity index (χ3v) is 6.47. The predicted molar refractivity (Wildman–Crippen MR) is 136 cm³/mol. The molecular formula is C27H28N6O2. The van der Waals surface area contributed by atoms with Crippen molar-refractivity contribution in [1.29, 1.82) is 0 Å². The van der Waals surface area contributed by atoms with E-state index in [4.69, 9.17) is 15.6 Å². The molecule has 8 nitrogen and oxygen atoms in total. The molecule has 0 saturated carbocycles. The van der Waals surface area contributed by atoms with Crippen molar-refractivity contribution in [3.05, 3.63) is 72.6 Å². The summed E-state index contributed by atoms with van der Waals surface area (Å²) in [5.74, 6) is 1.85. The molecule has 2 aromatic heterocycles. The van der Waals surface area contributed by atoms with Crippen molar-refractivity contribution in [2.75, 3.05) is 18.8 Å². The van der Waals surface area contributed by atoms with Gasteiger partial charge in [0.15, 0.2) is 5.65 Å². The molecule has 0 aliphatic carbocycles. The number of nitrogens with two attached hydrogens (primary N) is 1. The predicted octanol–water partition coefficient (Wildman–Crippen LogP) is 4.83. The molecule has 0 radical (unpaired) electrons. The van der Waals surface area contributed by atoms with Crippen LogP contribution in [0.2, 0.25) is 0 Å². The molecule has 1 aliphatic rings. The average Bonchev–Trinajstić information content (AvgIpc) is 3.24. The van der Waals surface area contributed by atoms with Gasteiger partial charge in [-0.25, -0.2) is 14.6 Å². The van der Waals surface area contributed by atoms with Gasteiger partial charge in [-0.05, 0) is 68.2 Å². The fraction of sp³-hybridized carbons (Fsp3) is 0.259. The van der Waals surface area contributed by atoms with Gasteiger partial charge in [-0.3, -0.25) is 4.79 Å². The van der Waals surface area contributed by atoms with Crippen LogP contribution in [0.3, 0.4) is 0 Å². The number of anilines is 1. The van der Waals surface area contributed by atoms with Gasteiger partial charge < -0.3 is 15.4 Å². The van der Waals surface area contributed by atoms with E-state index in [1.54, 1.807) is 0 Å². The highest BCUT2D eigenvalue weighted by atomic mass is 16.5. The minimum Gasteiger partial charge on any atom is -0.457 e. The first-order chi connectivity index (χ1) is 17.0. The Morgan fingerprint density at radius 1 is 1.14 bits per heavy atom. The van der Waals surface area contributed by atoms with Crippen LogP contribution in [-0.2, 0) is 4.79 Å². The van der Waals surface area contributed by atoms with E-state index in [2.05, 4.69) is 16.5 Å². The number of nitrogen functional groups attached to an aromatic ring is 1. The third kappa shape index (κ3) is 4.23. The molecule has 5 rings (SSSR count). The maximum absolute atomic E-state index is 12.3. The number of hydrogen-bond donors (Lipinski definition) is 1. The number of likely N-dealkylation sites (tertiary alicyclic amines) is 1. The van der Waals surface area contributed by atoms with Crippen LogP contribution in [-0.4, -0.2) is 43.6 Å². The van der Waals surface area contributed by atoms with Crippen molar-refractivity contribution in [1.82, 2.24) is 24.6 Å². The van der Waals surface area contributed by atoms with Crippen molar-refractivity contribution in [2.24, 2.45) is 0 Å². The van der Waals surface area contributed by atoms with Gasteiger partial charge in [0.05, 0.1) is 11.4 Å². The zero-order valence-corrected chi connectivity index (χ0v) is 19.9. The molecule has 1 unspecified atom stereocenters. The lowest BCUT2D eigenvalue weighted by Gasteiger charge is -2.32. The molecule has 4 aromatic rings. The minimum atomic E-state index is -0.0683. The van der Waals surface area contributed by atoms with Gasteiger partial charge in [-0.2, -0.15) is 5.10 Å². The Labute approximate surface area is 204 Å². The summed E-state index contributed by atoms with van der Waals surface area (Å²) < 4.78 is 7.98. The van der Waals surface area contributed by atoms with Crippen molar-refractivity contribution in [2.45, 2.75) is 32.7 Å². The summed E-state index contributed by atoms with van der Waals surface area (Å²) in [5.41, 5.74) is 10.8. The van der Waals surface area contributed by atoms with Crippen molar-refractivity contribution < 1.29 is 9.53 Å². The van der Waals surface area contributed by atoms with Gasteiger partial charge >= 0.3 is 0 Å². The first-order valence-electron chi connectivity index (χ1n) is 11.7. The van der Waals surface area contributed by atoms with Gasteiger partial charge in [0, 0.05) is 18.7 Å². The number of rotatable bonds is 5. The standard InChI is InChI=1S/C27H28N6O2/c1-4-22(34)32-12-8-9-19(15-32)33-27-24(26(28)29-16-30-27)25(31-33)23-17(2)13-21(14-18(23)3)35-20-10-6-5-7-11-20/h4-7,10-11,13-14,16,19H,1,8-9,12,15H2,2-3H3,(H2,28,29,30). The highest BCUT2D eigenvalue weighted by Gasteiger charge is 2.28. The summed E-state index contributed by atoms with van der Waals surface area (Å²) in [6.07, 6.45) is 4.60. The minimum absolute atomic E-state index is 0.0144. The zero-order chi connectivity index (χ0) is 24.5. The molecule has 0 bridgehead atoms. The molecule has 35 heavy (non-hydrogen) atoms. The number of aromatic nitrogens is 4. The largest absolute Gasteiger partial charge is 0.457 e. The number of para-hydroxylation sites is 1. The van der Waals surface area contributed by atoms with Crippen molar-refractivity contribution in [3.63, 3.8) is 0 Å². The van der Waals surface area contributed by atoms with Gasteiger partial charge in [-0.15, -0.1) is 0 Å². The van der Waals surface area contributed by atoms with Gasteiger partial charge in [0.1, 0.15) is 29.3 Å². The smallest absolute Gasteiger partial charge is 0.246 e. The number of piperidine rings is 1. The fourth-order valence-electron chi connectivity index (χ4n) is 4.89. The second-order valence-electron chi connectivity index (χ2n) is 8.88. The second kappa shape index (κ2) is 9.21. The summed E-state index contributed by atoms with van der Waals surface area (Å²) in [6.45, 7) is 8.97. The number of hydrogen-bond acceptors (Lipinski definition) is 6. The van der Waals surface area contributed by atoms with Crippen molar-refractivity contribution in [3.8, 4) is 22.8 Å². The van der Waals surface area contributed by atoms with E-state index in [-0.39, 0.29) is 11.9 Å². The molecule has 1 aliphatic heterocycles. The summed E-state index contributed by atoms with van der Waals surface area (Å²) in [6, 6.07) is 13.7. The second-order valence-corrected chi connectivity index (χ2v) is 8.88. The van der Waals surface area contributed by atoms with E-state index >= 15 is 0 Å². The Kier molecular flexibility index (Phi) is 5.94. The zero-order valence-electron chi connectivity index (χ0n) is 19.9. The van der Waals surface area contributed by atoms with Crippen LogP contribution in [0.15, 0.2) is 61.4 Å². The number of nitrogens with zero attached hydrogens (tertiary/aromatic N) is 5. The lowest BCUT2D eigenvalue weighted by atomic mass is 9.98. The Balaban J connectivity index is 1.59. The highest BCUT2D eigenvalue weighted by Crippen LogP contribution is 2.38. The molecule has 1 fully saturated rings. The van der Waals surface area contributed by atoms with E-state index in [1.165, 1.54) is 12.4 Å². The number of carbonyl (C=O) groups excluding carboxylic acids is 1. The average molecular weight is 469 g/mol. The van der Waals surface area contributed by atoms with Crippen LogP contribution in [0.25, 0.3) is 22.3 Å². The monoisotopic (exact) mass is 468 g/mol. The normalized spacial score (nSPS) is 15.8. The van der Waals surface area contributed by atoms with E-state index in [1.807, 2.05) is 65.9 Å². The van der Waals surface area contributed by atoms with E-state index in [0.717, 1.165) is 52.1 Å². The summed E-state index contributed by atoms with van der Waals surface area (Å²) in [7, 11) is 0. The van der Waals surface area contributed by atoms with Gasteiger partial charge in [0.25, 0.3) is 0 Å². The Morgan fingerprint density at radius 3 is 2.60 bits per heavy atom. The number of fused-ring (bicyclic) bond motifs is 1. The number of aryl methyl sites for hydroxylation is 2. The Bertz CT molecular complexity index is 1390. The SMILES string of the molecule is C=CC(=O)N1CCCC(n2nc(-c3c(C)cc(Oc4ccccc4)cc3C)c3c(N)ncnc32)C1. The molecule has 0 spiro atoms. The number of carbonyl (C=O) groups is 1. The lowest BCUT2D eigenvalue weighted by molar-refractivity contribution is -0.127. The fourth-order valence-corrected chi connectivity index (χ4v) is 4.89. The molecule has 1 amide bonds. The molecule has 178 valence electrons. The van der Waals surface area contributed by atoms with Crippen LogP contribution >= 0.6 is 0 Å². The van der Waals surface area contributed by atoms with Crippen LogP contribution in [0, 0.1) is 13.8 Å². The maximum Gasteiger partial charge on any atom is 0.246 e. The van der Waals surface area contributed by atoms with E-state index in [9.17, 15) is 4.79 Å². The van der Waals surface area contributed by atoms with Crippen LogP contribution in [0.1, 0.15) is 30.0 Å². The first-order valence-corrected chi connectivity index (χ1v) is 11.7. The quantitative estimate of drug-likeness (QED) is 0.421. The molecule has 2 N–H and O–H groups in total. The molecule has 3 heterocycles. The number of amides is 1. The lowest BCUT2D eigenvalue weighted by Crippen LogP contribution is -2.40. The molecular weight excluding hydrogens is 440 g/mol. The maximum atomic E-state index is 12.3. The van der Waals surface area contributed by atoms with Crippen molar-refractivity contribution >= 4 is 22.8 Å². The Hall–Kier alpha value is -4.20. The Morgan fingerprint density at radius 2 is 1.89 bits per heavy atom. The van der Waals surface area contributed by atoms with E-state index < -0.39 is 0 Å². The molecule has 1 saturated heterocycles. The topological polar surface area (TPSA) is 99.2 Å². The highest BCUT2D eigenvalue weighted by molar-refractivity contribution is 5.99. The number of ether oxygens (including phenoxy) is 1. The number of benzene rings is 2. The first kappa shape index (κ1) is 22.6. The van der Waals surface area contributed by atoms with Crippen LogP contribution in [0.5, 0.6) is 11.5 Å². The molecule has 8 heteroatoms. The summed E-state index contributed by atoms with van der Waals surface area (Å²) in [5, 5.41) is 5.75. The summed E-state index contributed by atoms with van der Waals surface area (Å²) in [4.78, 5) is 22.9. The van der Waals surface area contributed by atoms with Gasteiger partial charge in [0.2, 0.25) is 5.91 Å². The van der Waals surface area contributed by atoms with Crippen LogP contribution < -0.4 is 10.5 Å². The van der Waals surface area contributed by atoms with Gasteiger partial charge in [-0.1, -0.05) is 24.8 Å². The molecule has 2 aromatic carbocycles. The third-order valence-electron chi connectivity index (χ3n) is 6.47. The van der Waals surface area contributed by atoms with Crippen LogP contribution in [0.4, 0.5) is 5.82 Å². The molecule has 1 atom stereocenters.